The van der Waals surface area contributed by atoms with Gasteiger partial charge in [0.15, 0.2) is 23.1 Å². The molecule has 1 fully saturated rings. The molecule has 7 heteroatoms. The van der Waals surface area contributed by atoms with E-state index in [-0.39, 0.29) is 35.6 Å². The van der Waals surface area contributed by atoms with E-state index >= 15 is 0 Å². The third kappa shape index (κ3) is 4.20. The molecule has 1 N–H and O–H groups in total. The molecule has 7 nitrogen and oxygen atoms in total. The van der Waals surface area contributed by atoms with Crippen molar-refractivity contribution >= 4 is 41.2 Å². The fraction of sp³-hybridized carbons (Fsp3) is 0.235. The molecular weight excluding hydrogens is 518 g/mol. The number of carbonyl (C=O) groups is 4. The van der Waals surface area contributed by atoms with Crippen LogP contribution in [0.25, 0.3) is 12.2 Å². The van der Waals surface area contributed by atoms with E-state index in [1.807, 2.05) is 30.4 Å². The second-order valence-electron chi connectivity index (χ2n) is 10.9. The highest BCUT2D eigenvalue weighted by molar-refractivity contribution is 6.24. The number of imide groups is 1. The Hall–Kier alpha value is -4.78. The third-order valence-electron chi connectivity index (χ3n) is 8.68. The van der Waals surface area contributed by atoms with Crippen LogP contribution in [0.4, 0.5) is 5.69 Å². The van der Waals surface area contributed by atoms with Gasteiger partial charge in [-0.25, -0.2) is 0 Å². The molecule has 0 unspecified atom stereocenters. The molecule has 6 rings (SSSR count). The molecule has 1 saturated heterocycles. The van der Waals surface area contributed by atoms with E-state index in [0.717, 1.165) is 16.7 Å². The number of benzene rings is 2. The Labute approximate surface area is 237 Å². The van der Waals surface area contributed by atoms with Crippen molar-refractivity contribution in [1.29, 1.82) is 0 Å². The second kappa shape index (κ2) is 10.0. The summed E-state index contributed by atoms with van der Waals surface area (Å²) in [5.41, 5.74) is 4.24. The lowest BCUT2D eigenvalue weighted by molar-refractivity contribution is -0.123. The number of carbonyl (C=O) groups excluding carboxylic acids is 4. The van der Waals surface area contributed by atoms with Crippen molar-refractivity contribution in [3.63, 3.8) is 0 Å². The molecule has 1 heterocycles. The fourth-order valence-electron chi connectivity index (χ4n) is 6.66. The maximum absolute atomic E-state index is 13.9. The maximum atomic E-state index is 13.9. The van der Waals surface area contributed by atoms with Crippen LogP contribution in [0.1, 0.15) is 30.9 Å². The summed E-state index contributed by atoms with van der Waals surface area (Å²) in [5.74, 6) is -2.70. The highest BCUT2D eigenvalue weighted by Crippen LogP contribution is 2.53. The number of hydrogen-bond donors (Lipinski definition) is 1. The fourth-order valence-corrected chi connectivity index (χ4v) is 6.66. The first kappa shape index (κ1) is 26.4. The van der Waals surface area contributed by atoms with Gasteiger partial charge in [0.05, 0.1) is 24.6 Å². The molecule has 0 aromatic heterocycles. The number of ether oxygens (including phenoxy) is 1. The number of anilines is 1. The molecule has 0 bridgehead atoms. The summed E-state index contributed by atoms with van der Waals surface area (Å²) in [6.07, 6.45) is 9.36. The van der Waals surface area contributed by atoms with Crippen LogP contribution >= 0.6 is 0 Å². The van der Waals surface area contributed by atoms with Gasteiger partial charge in [-0.1, -0.05) is 54.7 Å². The Morgan fingerprint density at radius 2 is 1.73 bits per heavy atom. The third-order valence-corrected chi connectivity index (χ3v) is 8.68. The number of nitrogens with zero attached hydrogens (tertiary/aromatic N) is 1. The smallest absolute Gasteiger partial charge is 0.238 e. The van der Waals surface area contributed by atoms with Crippen LogP contribution < -0.4 is 9.64 Å². The van der Waals surface area contributed by atoms with E-state index in [9.17, 15) is 24.3 Å². The summed E-state index contributed by atoms with van der Waals surface area (Å²) in [7, 11) is 1.47. The number of methoxy groups -OCH3 is 1. The molecule has 0 saturated carbocycles. The van der Waals surface area contributed by atoms with Gasteiger partial charge in [0.2, 0.25) is 11.8 Å². The number of aromatic hydroxyl groups is 1. The Morgan fingerprint density at radius 1 is 1.00 bits per heavy atom. The van der Waals surface area contributed by atoms with Gasteiger partial charge in [-0.2, -0.15) is 0 Å². The van der Waals surface area contributed by atoms with Gasteiger partial charge in [0.1, 0.15) is 0 Å². The molecule has 2 aromatic carbocycles. The molecule has 1 aliphatic heterocycles. The van der Waals surface area contributed by atoms with E-state index in [4.69, 9.17) is 4.74 Å². The number of fused-ring (bicyclic) bond motifs is 3. The highest BCUT2D eigenvalue weighted by atomic mass is 16.5. The zero-order chi connectivity index (χ0) is 29.0. The van der Waals surface area contributed by atoms with Crippen LogP contribution in [0, 0.1) is 23.7 Å². The van der Waals surface area contributed by atoms with Gasteiger partial charge in [-0.05, 0) is 67.2 Å². The Balaban J connectivity index is 1.41. The minimum atomic E-state index is -0.629. The second-order valence-corrected chi connectivity index (χ2v) is 10.9. The highest BCUT2D eigenvalue weighted by Gasteiger charge is 2.56. The van der Waals surface area contributed by atoms with Crippen molar-refractivity contribution in [2.24, 2.45) is 23.7 Å². The predicted molar refractivity (Wildman–Crippen MR) is 155 cm³/mol. The van der Waals surface area contributed by atoms with Crippen LogP contribution in [0.5, 0.6) is 11.5 Å². The summed E-state index contributed by atoms with van der Waals surface area (Å²) in [5, 5.41) is 10.00. The van der Waals surface area contributed by atoms with Crippen molar-refractivity contribution in [3.05, 3.63) is 101 Å². The molecular formula is C34H29NO6. The normalized spacial score (nSPS) is 25.6. The van der Waals surface area contributed by atoms with Crippen LogP contribution in [-0.4, -0.2) is 35.6 Å². The van der Waals surface area contributed by atoms with Crippen LogP contribution in [-0.2, 0) is 19.2 Å². The van der Waals surface area contributed by atoms with Gasteiger partial charge in [0, 0.05) is 22.6 Å². The van der Waals surface area contributed by atoms with E-state index < -0.39 is 23.7 Å². The van der Waals surface area contributed by atoms with E-state index in [0.29, 0.717) is 34.6 Å². The van der Waals surface area contributed by atoms with Crippen molar-refractivity contribution < 1.29 is 29.0 Å². The topological polar surface area (TPSA) is 101 Å². The van der Waals surface area contributed by atoms with Crippen LogP contribution in [0.15, 0.2) is 89.6 Å². The number of ketones is 2. The SMILES string of the molecule is C=Cc1ccc(N2C(=O)[C@H]3[C@H](CC=C4[C@H](C=Cc5ccc(O)c(OC)c5)C5=C(C[C@H]43)C(=O)C=C(C)C5=O)C2=O)cc1. The summed E-state index contributed by atoms with van der Waals surface area (Å²) in [4.78, 5) is 55.5. The lowest BCUT2D eigenvalue weighted by atomic mass is 9.60. The maximum Gasteiger partial charge on any atom is 0.238 e. The minimum Gasteiger partial charge on any atom is -0.504 e. The van der Waals surface area contributed by atoms with Crippen LogP contribution in [0.2, 0.25) is 0 Å². The van der Waals surface area contributed by atoms with Crippen molar-refractivity contribution in [1.82, 2.24) is 0 Å². The Morgan fingerprint density at radius 3 is 2.44 bits per heavy atom. The molecule has 0 radical (unpaired) electrons. The molecule has 2 aromatic rings. The molecule has 2 amide bonds. The summed E-state index contributed by atoms with van der Waals surface area (Å²) in [6.45, 7) is 5.40. The standard InChI is InChI=1S/C34H29NO6/c1-4-19-5-9-21(10-6-19)35-33(39)24-13-12-22-23(11-7-20-8-14-27(36)29(16-20)41-3)30-26(17-25(22)31(24)34(35)40)28(37)15-18(2)32(30)38/h4-12,14-16,23-25,31,36H,1,13,17H2,2-3H3/t23-,24-,25+,31-/m0/s1. The zero-order valence-electron chi connectivity index (χ0n) is 22.8. The zero-order valence-corrected chi connectivity index (χ0v) is 22.8. The van der Waals surface area contributed by atoms with Gasteiger partial charge in [-0.15, -0.1) is 0 Å². The summed E-state index contributed by atoms with van der Waals surface area (Å²) >= 11 is 0. The molecule has 206 valence electrons. The van der Waals surface area contributed by atoms with Crippen molar-refractivity contribution in [2.45, 2.75) is 19.8 Å². The van der Waals surface area contributed by atoms with Gasteiger partial charge in [0.25, 0.3) is 0 Å². The number of phenols is 1. The number of hydrogen-bond acceptors (Lipinski definition) is 6. The average Bonchev–Trinajstić information content (AvgIpc) is 3.24. The van der Waals surface area contributed by atoms with Crippen LogP contribution in [0.3, 0.4) is 0 Å². The Bertz CT molecular complexity index is 1650. The molecule has 41 heavy (non-hydrogen) atoms. The quantitative estimate of drug-likeness (QED) is 0.313. The lowest BCUT2D eigenvalue weighted by Gasteiger charge is -2.41. The van der Waals surface area contributed by atoms with Crippen molar-refractivity contribution in [2.75, 3.05) is 12.0 Å². The van der Waals surface area contributed by atoms with Gasteiger partial charge >= 0.3 is 0 Å². The number of Topliss-reactive ketones (excluding diaryl/α,β-unsaturated/α-hetero) is 1. The Kier molecular flexibility index (Phi) is 6.45. The minimum absolute atomic E-state index is 0.00956. The molecule has 4 atom stereocenters. The van der Waals surface area contributed by atoms with E-state index in [2.05, 4.69) is 6.58 Å². The first-order valence-corrected chi connectivity index (χ1v) is 13.6. The number of allylic oxidation sites excluding steroid dienone is 7. The molecule has 3 aliphatic carbocycles. The lowest BCUT2D eigenvalue weighted by Crippen LogP contribution is -2.40. The number of phenolic OH excluding ortho intramolecular Hbond substituents is 1. The van der Waals surface area contributed by atoms with E-state index in [1.165, 1.54) is 24.2 Å². The largest absolute Gasteiger partial charge is 0.504 e. The summed E-state index contributed by atoms with van der Waals surface area (Å²) in [6, 6.07) is 12.0. The predicted octanol–water partition coefficient (Wildman–Crippen LogP) is 5.22. The first-order chi connectivity index (χ1) is 19.7. The van der Waals surface area contributed by atoms with Gasteiger partial charge < -0.3 is 9.84 Å². The van der Waals surface area contributed by atoms with Crippen molar-refractivity contribution in [3.8, 4) is 11.5 Å². The first-order valence-electron chi connectivity index (χ1n) is 13.6. The monoisotopic (exact) mass is 547 g/mol. The van der Waals surface area contributed by atoms with Gasteiger partial charge in [-0.3, -0.25) is 24.1 Å². The average molecular weight is 548 g/mol. The number of rotatable bonds is 5. The number of amides is 2. The van der Waals surface area contributed by atoms with E-state index in [1.54, 1.807) is 37.3 Å². The molecule has 4 aliphatic rings. The molecule has 0 spiro atoms. The summed E-state index contributed by atoms with van der Waals surface area (Å²) < 4.78 is 5.23.